The first-order chi connectivity index (χ1) is 13.2. The zero-order valence-electron chi connectivity index (χ0n) is 14.7. The Morgan fingerprint density at radius 1 is 1.00 bits per heavy atom. The zero-order valence-corrected chi connectivity index (χ0v) is 15.5. The average molecular weight is 413 g/mol. The van der Waals surface area contributed by atoms with E-state index in [2.05, 4.69) is 10.9 Å². The van der Waals surface area contributed by atoms with Crippen molar-refractivity contribution >= 4 is 21.6 Å². The van der Waals surface area contributed by atoms with Crippen molar-refractivity contribution in [3.05, 3.63) is 59.7 Å². The second-order valence-corrected chi connectivity index (χ2v) is 8.20. The maximum absolute atomic E-state index is 13.0. The predicted molar refractivity (Wildman–Crippen MR) is 97.0 cm³/mol. The van der Waals surface area contributed by atoms with E-state index in [4.69, 9.17) is 0 Å². The lowest BCUT2D eigenvalue weighted by Crippen LogP contribution is -2.31. The molecule has 0 unspecified atom stereocenters. The van der Waals surface area contributed by atoms with Crippen LogP contribution in [0.2, 0.25) is 0 Å². The van der Waals surface area contributed by atoms with Crippen LogP contribution in [0.1, 0.15) is 28.8 Å². The molecule has 0 saturated carbocycles. The topological polar surface area (TPSA) is 78.5 Å². The van der Waals surface area contributed by atoms with Crippen LogP contribution in [0.25, 0.3) is 0 Å². The van der Waals surface area contributed by atoms with Crippen molar-refractivity contribution in [3.8, 4) is 0 Å². The highest BCUT2D eigenvalue weighted by molar-refractivity contribution is 7.89. The standard InChI is InChI=1S/C18H18F3N3O3S/c19-18(20,21)15-8-1-2-9-16(15)22-23-17(25)13-6-5-7-14(12-13)28(26,27)24-10-3-4-11-24/h1-2,5-9,12,22H,3-4,10-11H2,(H,23,25). The van der Waals surface area contributed by atoms with Gasteiger partial charge in [-0.05, 0) is 43.2 Å². The molecule has 0 aliphatic carbocycles. The molecule has 0 atom stereocenters. The van der Waals surface area contributed by atoms with Crippen LogP contribution in [0.4, 0.5) is 18.9 Å². The van der Waals surface area contributed by atoms with E-state index in [1.54, 1.807) is 0 Å². The molecule has 6 nitrogen and oxygen atoms in total. The number of hydrogen-bond acceptors (Lipinski definition) is 4. The number of halogens is 3. The van der Waals surface area contributed by atoms with Gasteiger partial charge < -0.3 is 0 Å². The average Bonchev–Trinajstić information content (AvgIpc) is 3.21. The lowest BCUT2D eigenvalue weighted by molar-refractivity contribution is -0.137. The molecule has 1 amide bonds. The number of benzene rings is 2. The number of nitrogens with zero attached hydrogens (tertiary/aromatic N) is 1. The zero-order chi connectivity index (χ0) is 20.4. The molecule has 2 N–H and O–H groups in total. The van der Waals surface area contributed by atoms with Crippen LogP contribution in [-0.4, -0.2) is 31.7 Å². The number of amides is 1. The first-order valence-corrected chi connectivity index (χ1v) is 9.96. The van der Waals surface area contributed by atoms with E-state index in [9.17, 15) is 26.4 Å². The Balaban J connectivity index is 1.76. The van der Waals surface area contributed by atoms with Crippen molar-refractivity contribution in [2.75, 3.05) is 18.5 Å². The summed E-state index contributed by atoms with van der Waals surface area (Å²) < 4.78 is 65.6. The molecule has 28 heavy (non-hydrogen) atoms. The quantitative estimate of drug-likeness (QED) is 0.738. The summed E-state index contributed by atoms with van der Waals surface area (Å²) in [5.74, 6) is -0.754. The second kappa shape index (κ2) is 7.80. The van der Waals surface area contributed by atoms with Gasteiger partial charge in [0.1, 0.15) is 0 Å². The van der Waals surface area contributed by atoms with Gasteiger partial charge in [0.15, 0.2) is 0 Å². The molecule has 1 heterocycles. The van der Waals surface area contributed by atoms with Gasteiger partial charge in [-0.15, -0.1) is 0 Å². The SMILES string of the molecule is O=C(NNc1ccccc1C(F)(F)F)c1cccc(S(=O)(=O)N2CCCC2)c1. The monoisotopic (exact) mass is 413 g/mol. The summed E-state index contributed by atoms with van der Waals surface area (Å²) in [6.45, 7) is 0.850. The van der Waals surface area contributed by atoms with Crippen LogP contribution < -0.4 is 10.9 Å². The minimum Gasteiger partial charge on any atom is -0.298 e. The van der Waals surface area contributed by atoms with Crippen LogP contribution in [0, 0.1) is 0 Å². The Bertz CT molecular complexity index is 971. The van der Waals surface area contributed by atoms with Crippen LogP contribution in [-0.2, 0) is 16.2 Å². The maximum Gasteiger partial charge on any atom is 0.418 e. The summed E-state index contributed by atoms with van der Waals surface area (Å²) in [5, 5.41) is 0. The van der Waals surface area contributed by atoms with Crippen molar-refractivity contribution in [1.82, 2.24) is 9.73 Å². The minimum absolute atomic E-state index is 0.0114. The third kappa shape index (κ3) is 4.28. The van der Waals surface area contributed by atoms with Crippen molar-refractivity contribution in [1.29, 1.82) is 0 Å². The first-order valence-electron chi connectivity index (χ1n) is 8.52. The molecule has 1 saturated heterocycles. The summed E-state index contributed by atoms with van der Waals surface area (Å²) in [5.41, 5.74) is 3.20. The van der Waals surface area contributed by atoms with Crippen molar-refractivity contribution in [2.24, 2.45) is 0 Å². The van der Waals surface area contributed by atoms with Gasteiger partial charge in [0.2, 0.25) is 10.0 Å². The molecule has 1 aliphatic heterocycles. The number of rotatable bonds is 5. The normalized spacial score (nSPS) is 15.4. The summed E-state index contributed by atoms with van der Waals surface area (Å²) >= 11 is 0. The largest absolute Gasteiger partial charge is 0.418 e. The van der Waals surface area contributed by atoms with Gasteiger partial charge in [-0.1, -0.05) is 18.2 Å². The minimum atomic E-state index is -4.59. The van der Waals surface area contributed by atoms with Crippen LogP contribution in [0.3, 0.4) is 0 Å². The Hall–Kier alpha value is -2.59. The number of carbonyl (C=O) groups is 1. The van der Waals surface area contributed by atoms with Crippen molar-refractivity contribution in [3.63, 3.8) is 0 Å². The molecule has 1 aliphatic rings. The Kier molecular flexibility index (Phi) is 5.61. The van der Waals surface area contributed by atoms with E-state index in [0.29, 0.717) is 13.1 Å². The summed E-state index contributed by atoms with van der Waals surface area (Å²) in [7, 11) is -3.70. The Labute approximate surface area is 160 Å². The number of alkyl halides is 3. The van der Waals surface area contributed by atoms with Gasteiger partial charge in [-0.3, -0.25) is 15.6 Å². The molecule has 1 fully saturated rings. The van der Waals surface area contributed by atoms with Gasteiger partial charge in [-0.2, -0.15) is 17.5 Å². The van der Waals surface area contributed by atoms with Gasteiger partial charge >= 0.3 is 6.18 Å². The van der Waals surface area contributed by atoms with Crippen molar-refractivity contribution < 1.29 is 26.4 Å². The molecule has 0 radical (unpaired) electrons. The van der Waals surface area contributed by atoms with Gasteiger partial charge in [0.25, 0.3) is 5.91 Å². The third-order valence-corrected chi connectivity index (χ3v) is 6.24. The van der Waals surface area contributed by atoms with E-state index in [1.165, 1.54) is 46.8 Å². The predicted octanol–water partition coefficient (Wildman–Crippen LogP) is 3.25. The van der Waals surface area contributed by atoms with E-state index >= 15 is 0 Å². The maximum atomic E-state index is 13.0. The molecule has 0 aromatic heterocycles. The molecule has 2 aromatic rings. The molecule has 10 heteroatoms. The van der Waals surface area contributed by atoms with Crippen LogP contribution >= 0.6 is 0 Å². The molecule has 2 aromatic carbocycles. The number of hydrazine groups is 1. The second-order valence-electron chi connectivity index (χ2n) is 6.26. The molecule has 0 spiro atoms. The summed E-state index contributed by atoms with van der Waals surface area (Å²) in [6.07, 6.45) is -3.03. The van der Waals surface area contributed by atoms with E-state index in [1.807, 2.05) is 0 Å². The fraction of sp³-hybridized carbons (Fsp3) is 0.278. The molecular weight excluding hydrogens is 395 g/mol. The highest BCUT2D eigenvalue weighted by atomic mass is 32.2. The number of nitrogens with one attached hydrogen (secondary N) is 2. The molecule has 0 bridgehead atoms. The lowest BCUT2D eigenvalue weighted by Gasteiger charge is -2.17. The fourth-order valence-electron chi connectivity index (χ4n) is 2.91. The lowest BCUT2D eigenvalue weighted by atomic mass is 10.2. The first kappa shape index (κ1) is 20.2. The summed E-state index contributed by atoms with van der Waals surface area (Å²) in [4.78, 5) is 12.3. The Morgan fingerprint density at radius 3 is 2.36 bits per heavy atom. The van der Waals surface area contributed by atoms with E-state index in [0.717, 1.165) is 18.9 Å². The van der Waals surface area contributed by atoms with Crippen molar-refractivity contribution in [2.45, 2.75) is 23.9 Å². The summed E-state index contributed by atoms with van der Waals surface area (Å²) in [6, 6.07) is 10.1. The Morgan fingerprint density at radius 2 is 1.68 bits per heavy atom. The van der Waals surface area contributed by atoms with Gasteiger partial charge in [0.05, 0.1) is 16.1 Å². The fourth-order valence-corrected chi connectivity index (χ4v) is 4.47. The molecular formula is C18H18F3N3O3S. The number of para-hydroxylation sites is 1. The van der Waals surface area contributed by atoms with E-state index in [-0.39, 0.29) is 16.1 Å². The van der Waals surface area contributed by atoms with E-state index < -0.39 is 27.7 Å². The van der Waals surface area contributed by atoms with Crippen LogP contribution in [0.5, 0.6) is 0 Å². The number of anilines is 1. The smallest absolute Gasteiger partial charge is 0.298 e. The highest BCUT2D eigenvalue weighted by Gasteiger charge is 2.33. The number of sulfonamides is 1. The van der Waals surface area contributed by atoms with Gasteiger partial charge in [0, 0.05) is 18.7 Å². The molecule has 150 valence electrons. The molecule has 3 rings (SSSR count). The number of carbonyl (C=O) groups excluding carboxylic acids is 1. The highest BCUT2D eigenvalue weighted by Crippen LogP contribution is 2.34. The van der Waals surface area contributed by atoms with Gasteiger partial charge in [-0.25, -0.2) is 8.42 Å². The third-order valence-electron chi connectivity index (χ3n) is 4.34. The number of hydrogen-bond donors (Lipinski definition) is 2. The van der Waals surface area contributed by atoms with Crippen LogP contribution in [0.15, 0.2) is 53.4 Å².